The Morgan fingerprint density at radius 2 is 2.25 bits per heavy atom. The molecule has 0 fully saturated rings. The van der Waals surface area contributed by atoms with E-state index in [2.05, 4.69) is 4.98 Å². The summed E-state index contributed by atoms with van der Waals surface area (Å²) in [5.74, 6) is 0.791. The molecule has 0 amide bonds. The fraction of sp³-hybridized carbons (Fsp3) is 0.700. The van der Waals surface area contributed by atoms with Crippen molar-refractivity contribution >= 4 is 11.8 Å². The molecule has 0 saturated heterocycles. The second kappa shape index (κ2) is 6.24. The predicted octanol–water partition coefficient (Wildman–Crippen LogP) is 0.718. The second-order valence-electron chi connectivity index (χ2n) is 3.58. The van der Waals surface area contributed by atoms with Crippen LogP contribution in [0.1, 0.15) is 11.5 Å². The summed E-state index contributed by atoms with van der Waals surface area (Å²) in [6.07, 6.45) is 0. The number of aryl methyl sites for hydroxylation is 2. The first-order chi connectivity index (χ1) is 7.58. The van der Waals surface area contributed by atoms with E-state index in [0.717, 1.165) is 11.5 Å². The Morgan fingerprint density at radius 3 is 2.69 bits per heavy atom. The minimum Gasteiger partial charge on any atom is -0.437 e. The maximum atomic E-state index is 9.23. The standard InChI is InChI=1S/C10H18N2O3S/c1-6-7(2)15-10(12-6)16-9(4-13)8(11)5-14-3/h8-9,13H,4-5,11H2,1-3H3. The average molecular weight is 246 g/mol. The fourth-order valence-electron chi connectivity index (χ4n) is 1.18. The van der Waals surface area contributed by atoms with Crippen LogP contribution in [0.4, 0.5) is 0 Å². The van der Waals surface area contributed by atoms with Crippen LogP contribution in [-0.2, 0) is 4.74 Å². The SMILES string of the molecule is COCC(N)C(CO)Sc1nc(C)c(C)o1. The molecular formula is C10H18N2O3S. The first kappa shape index (κ1) is 13.5. The minimum atomic E-state index is -0.243. The maximum absolute atomic E-state index is 9.23. The zero-order chi connectivity index (χ0) is 12.1. The Bertz CT molecular complexity index is 310. The van der Waals surface area contributed by atoms with Gasteiger partial charge in [0.1, 0.15) is 5.76 Å². The topological polar surface area (TPSA) is 81.5 Å². The van der Waals surface area contributed by atoms with Crippen molar-refractivity contribution in [3.63, 3.8) is 0 Å². The molecule has 0 bridgehead atoms. The van der Waals surface area contributed by atoms with Crippen molar-refractivity contribution in [1.29, 1.82) is 0 Å². The molecule has 1 aromatic rings. The molecule has 2 atom stereocenters. The van der Waals surface area contributed by atoms with Crippen molar-refractivity contribution in [3.05, 3.63) is 11.5 Å². The molecule has 6 heteroatoms. The van der Waals surface area contributed by atoms with Gasteiger partial charge in [0.2, 0.25) is 0 Å². The van der Waals surface area contributed by atoms with Crippen LogP contribution in [-0.4, -0.2) is 41.7 Å². The third kappa shape index (κ3) is 3.48. The zero-order valence-electron chi connectivity index (χ0n) is 9.77. The van der Waals surface area contributed by atoms with E-state index in [1.165, 1.54) is 11.8 Å². The maximum Gasteiger partial charge on any atom is 0.256 e. The van der Waals surface area contributed by atoms with Crippen LogP contribution in [0.15, 0.2) is 9.64 Å². The lowest BCUT2D eigenvalue weighted by molar-refractivity contribution is 0.167. The number of aliphatic hydroxyl groups is 1. The Kier molecular flexibility index (Phi) is 5.27. The molecule has 0 aliphatic carbocycles. The number of nitrogens with two attached hydrogens (primary N) is 1. The third-order valence-electron chi connectivity index (χ3n) is 2.28. The summed E-state index contributed by atoms with van der Waals surface area (Å²) in [5.41, 5.74) is 6.72. The summed E-state index contributed by atoms with van der Waals surface area (Å²) in [6, 6.07) is -0.243. The van der Waals surface area contributed by atoms with E-state index in [0.29, 0.717) is 11.8 Å². The molecular weight excluding hydrogens is 228 g/mol. The quantitative estimate of drug-likeness (QED) is 0.720. The van der Waals surface area contributed by atoms with Gasteiger partial charge in [-0.15, -0.1) is 0 Å². The van der Waals surface area contributed by atoms with E-state index < -0.39 is 0 Å². The van der Waals surface area contributed by atoms with Crippen LogP contribution in [0.25, 0.3) is 0 Å². The van der Waals surface area contributed by atoms with Crippen molar-refractivity contribution in [2.75, 3.05) is 20.3 Å². The van der Waals surface area contributed by atoms with E-state index in [9.17, 15) is 5.11 Å². The number of oxazole rings is 1. The molecule has 1 rings (SSSR count). The Morgan fingerprint density at radius 1 is 1.56 bits per heavy atom. The van der Waals surface area contributed by atoms with Crippen molar-refractivity contribution in [3.8, 4) is 0 Å². The number of ether oxygens (including phenoxy) is 1. The summed E-state index contributed by atoms with van der Waals surface area (Å²) >= 11 is 1.34. The Balaban J connectivity index is 2.62. The van der Waals surface area contributed by atoms with Crippen LogP contribution < -0.4 is 5.73 Å². The van der Waals surface area contributed by atoms with Gasteiger partial charge in [-0.2, -0.15) is 0 Å². The van der Waals surface area contributed by atoms with Gasteiger partial charge < -0.3 is 20.0 Å². The van der Waals surface area contributed by atoms with E-state index in [-0.39, 0.29) is 17.9 Å². The average Bonchev–Trinajstić information content (AvgIpc) is 2.55. The molecule has 0 aliphatic rings. The van der Waals surface area contributed by atoms with Gasteiger partial charge in [-0.25, -0.2) is 4.98 Å². The number of methoxy groups -OCH3 is 1. The second-order valence-corrected chi connectivity index (χ2v) is 4.77. The van der Waals surface area contributed by atoms with E-state index in [4.69, 9.17) is 14.9 Å². The van der Waals surface area contributed by atoms with Crippen LogP contribution >= 0.6 is 11.8 Å². The van der Waals surface area contributed by atoms with E-state index in [1.54, 1.807) is 7.11 Å². The van der Waals surface area contributed by atoms with E-state index in [1.807, 2.05) is 13.8 Å². The van der Waals surface area contributed by atoms with Crippen molar-refractivity contribution in [2.45, 2.75) is 30.4 Å². The molecule has 0 saturated carbocycles. The van der Waals surface area contributed by atoms with E-state index >= 15 is 0 Å². The molecule has 0 spiro atoms. The molecule has 5 nitrogen and oxygen atoms in total. The monoisotopic (exact) mass is 246 g/mol. The minimum absolute atomic E-state index is 0.0321. The summed E-state index contributed by atoms with van der Waals surface area (Å²) in [6.45, 7) is 4.11. The number of hydrogen-bond acceptors (Lipinski definition) is 6. The summed E-state index contributed by atoms with van der Waals surface area (Å²) in [5, 5.41) is 9.61. The highest BCUT2D eigenvalue weighted by Gasteiger charge is 2.21. The molecule has 3 N–H and O–H groups in total. The summed E-state index contributed by atoms with van der Waals surface area (Å²) in [4.78, 5) is 4.23. The fourth-order valence-corrected chi connectivity index (χ4v) is 2.13. The third-order valence-corrected chi connectivity index (χ3v) is 3.46. The largest absolute Gasteiger partial charge is 0.437 e. The molecule has 0 radical (unpaired) electrons. The molecule has 0 aliphatic heterocycles. The number of hydrogen-bond donors (Lipinski definition) is 2. The zero-order valence-corrected chi connectivity index (χ0v) is 10.6. The van der Waals surface area contributed by atoms with Crippen molar-refractivity contribution < 1.29 is 14.3 Å². The number of rotatable bonds is 6. The van der Waals surface area contributed by atoms with Crippen LogP contribution in [0.2, 0.25) is 0 Å². The van der Waals surface area contributed by atoms with Gasteiger partial charge in [0, 0.05) is 13.2 Å². The molecule has 0 aromatic carbocycles. The lowest BCUT2D eigenvalue weighted by Gasteiger charge is -2.18. The first-order valence-corrected chi connectivity index (χ1v) is 5.92. The molecule has 2 unspecified atom stereocenters. The van der Waals surface area contributed by atoms with Crippen LogP contribution in [0.3, 0.4) is 0 Å². The smallest absolute Gasteiger partial charge is 0.256 e. The summed E-state index contributed by atoms with van der Waals surface area (Å²) < 4.78 is 10.4. The number of nitrogens with zero attached hydrogens (tertiary/aromatic N) is 1. The normalized spacial score (nSPS) is 15.1. The number of aliphatic hydroxyl groups excluding tert-OH is 1. The number of thioether (sulfide) groups is 1. The highest BCUT2D eigenvalue weighted by atomic mass is 32.2. The highest BCUT2D eigenvalue weighted by Crippen LogP contribution is 2.25. The van der Waals surface area contributed by atoms with Crippen LogP contribution in [0.5, 0.6) is 0 Å². The molecule has 1 aromatic heterocycles. The summed E-state index contributed by atoms with van der Waals surface area (Å²) in [7, 11) is 1.58. The molecule has 16 heavy (non-hydrogen) atoms. The Labute approximate surface area is 99.4 Å². The lowest BCUT2D eigenvalue weighted by Crippen LogP contribution is -2.38. The lowest BCUT2D eigenvalue weighted by atomic mass is 10.2. The van der Waals surface area contributed by atoms with Gasteiger partial charge in [-0.05, 0) is 13.8 Å². The first-order valence-electron chi connectivity index (χ1n) is 5.04. The van der Waals surface area contributed by atoms with Crippen molar-refractivity contribution in [1.82, 2.24) is 4.98 Å². The van der Waals surface area contributed by atoms with Gasteiger partial charge in [-0.3, -0.25) is 0 Å². The van der Waals surface area contributed by atoms with Gasteiger partial charge in [0.05, 0.1) is 24.2 Å². The van der Waals surface area contributed by atoms with Gasteiger partial charge in [-0.1, -0.05) is 11.8 Å². The molecule has 92 valence electrons. The van der Waals surface area contributed by atoms with Crippen LogP contribution in [0, 0.1) is 13.8 Å². The predicted molar refractivity (Wildman–Crippen MR) is 62.6 cm³/mol. The number of aromatic nitrogens is 1. The highest BCUT2D eigenvalue weighted by molar-refractivity contribution is 7.99. The van der Waals surface area contributed by atoms with Crippen molar-refractivity contribution in [2.24, 2.45) is 5.73 Å². The van der Waals surface area contributed by atoms with Gasteiger partial charge in [0.25, 0.3) is 5.22 Å². The Hall–Kier alpha value is -0.560. The van der Waals surface area contributed by atoms with Gasteiger partial charge >= 0.3 is 0 Å². The van der Waals surface area contributed by atoms with Gasteiger partial charge in [0.15, 0.2) is 0 Å². The molecule has 1 heterocycles.